The van der Waals surface area contributed by atoms with Crippen LogP contribution in [0, 0.1) is 5.82 Å². The van der Waals surface area contributed by atoms with Crippen molar-refractivity contribution in [2.45, 2.75) is 13.8 Å². The fraction of sp³-hybridized carbons (Fsp3) is 0.316. The number of rotatable bonds is 7. The number of halogens is 1. The zero-order chi connectivity index (χ0) is 17.5. The number of nitrogens with zero attached hydrogens (tertiary/aromatic N) is 1. The van der Waals surface area contributed by atoms with Crippen LogP contribution in [-0.2, 0) is 4.74 Å². The molecule has 4 nitrogen and oxygen atoms in total. The molecule has 1 N–H and O–H groups in total. The summed E-state index contributed by atoms with van der Waals surface area (Å²) in [6.07, 6.45) is 0. The van der Waals surface area contributed by atoms with Crippen LogP contribution in [0.1, 0.15) is 24.2 Å². The van der Waals surface area contributed by atoms with E-state index < -0.39 is 5.97 Å². The number of ether oxygens (including phenoxy) is 1. The smallest absolute Gasteiger partial charge is 0.341 e. The SMILES string of the molecule is CCN(CC)CCOC(=O)c1cc(-c2ccc(F)cc2)ccc1O. The van der Waals surface area contributed by atoms with Gasteiger partial charge in [0.2, 0.25) is 0 Å². The summed E-state index contributed by atoms with van der Waals surface area (Å²) in [5.74, 6) is -1.02. The lowest BCUT2D eigenvalue weighted by molar-refractivity contribution is 0.0463. The lowest BCUT2D eigenvalue weighted by Gasteiger charge is -2.17. The van der Waals surface area contributed by atoms with E-state index in [1.54, 1.807) is 24.3 Å². The fourth-order valence-corrected chi connectivity index (χ4v) is 2.41. The Kier molecular flexibility index (Phi) is 6.32. The second-order valence-corrected chi connectivity index (χ2v) is 5.40. The minimum Gasteiger partial charge on any atom is -0.507 e. The summed E-state index contributed by atoms with van der Waals surface area (Å²) in [5, 5.41) is 9.93. The molecule has 2 aromatic rings. The second-order valence-electron chi connectivity index (χ2n) is 5.40. The maximum Gasteiger partial charge on any atom is 0.341 e. The van der Waals surface area contributed by atoms with E-state index in [-0.39, 0.29) is 23.7 Å². The summed E-state index contributed by atoms with van der Waals surface area (Å²) in [5.41, 5.74) is 1.58. The van der Waals surface area contributed by atoms with Crippen molar-refractivity contribution in [2.75, 3.05) is 26.2 Å². The van der Waals surface area contributed by atoms with E-state index in [1.807, 2.05) is 13.8 Å². The molecule has 0 bridgehead atoms. The second kappa shape index (κ2) is 8.45. The molecule has 0 aliphatic carbocycles. The molecule has 5 heteroatoms. The number of carbonyl (C=O) groups is 1. The van der Waals surface area contributed by atoms with Crippen molar-refractivity contribution >= 4 is 5.97 Å². The molecule has 0 spiro atoms. The average Bonchev–Trinajstić information content (AvgIpc) is 2.60. The van der Waals surface area contributed by atoms with Crippen molar-refractivity contribution in [1.82, 2.24) is 4.90 Å². The molecule has 2 aromatic carbocycles. The highest BCUT2D eigenvalue weighted by molar-refractivity contribution is 5.94. The van der Waals surface area contributed by atoms with Crippen LogP contribution >= 0.6 is 0 Å². The van der Waals surface area contributed by atoms with E-state index in [0.717, 1.165) is 18.7 Å². The van der Waals surface area contributed by atoms with Crippen LogP contribution in [0.3, 0.4) is 0 Å². The van der Waals surface area contributed by atoms with Gasteiger partial charge in [-0.25, -0.2) is 9.18 Å². The highest BCUT2D eigenvalue weighted by atomic mass is 19.1. The zero-order valence-corrected chi connectivity index (χ0v) is 14.0. The van der Waals surface area contributed by atoms with Gasteiger partial charge in [-0.15, -0.1) is 0 Å². The van der Waals surface area contributed by atoms with Gasteiger partial charge in [0.05, 0.1) is 0 Å². The number of carbonyl (C=O) groups excluding carboxylic acids is 1. The quantitative estimate of drug-likeness (QED) is 0.786. The first kappa shape index (κ1) is 17.9. The van der Waals surface area contributed by atoms with E-state index in [1.165, 1.54) is 18.2 Å². The van der Waals surface area contributed by atoms with Gasteiger partial charge in [0.25, 0.3) is 0 Å². The molecule has 0 heterocycles. The predicted octanol–water partition coefficient (Wildman–Crippen LogP) is 3.70. The van der Waals surface area contributed by atoms with Crippen LogP contribution in [0.4, 0.5) is 4.39 Å². The standard InChI is InChI=1S/C19H22FNO3/c1-3-21(4-2)11-12-24-19(23)17-13-15(7-10-18(17)22)14-5-8-16(20)9-6-14/h5-10,13,22H,3-4,11-12H2,1-2H3. The van der Waals surface area contributed by atoms with E-state index in [2.05, 4.69) is 4.90 Å². The summed E-state index contributed by atoms with van der Waals surface area (Å²) in [6, 6.07) is 10.6. The maximum atomic E-state index is 13.0. The Morgan fingerprint density at radius 3 is 2.33 bits per heavy atom. The third-order valence-corrected chi connectivity index (χ3v) is 3.93. The van der Waals surface area contributed by atoms with Crippen LogP contribution in [0.2, 0.25) is 0 Å². The van der Waals surface area contributed by atoms with Gasteiger partial charge in [-0.2, -0.15) is 0 Å². The van der Waals surface area contributed by atoms with Crippen molar-refractivity contribution in [1.29, 1.82) is 0 Å². The van der Waals surface area contributed by atoms with Gasteiger partial charge in [-0.3, -0.25) is 0 Å². The molecule has 0 atom stereocenters. The molecule has 0 fully saturated rings. The van der Waals surface area contributed by atoms with Crippen molar-refractivity contribution in [2.24, 2.45) is 0 Å². The number of phenolic OH excluding ortho intramolecular Hbond substituents is 1. The third kappa shape index (κ3) is 4.55. The molecule has 128 valence electrons. The lowest BCUT2D eigenvalue weighted by atomic mass is 10.0. The van der Waals surface area contributed by atoms with E-state index >= 15 is 0 Å². The molecular weight excluding hydrogens is 309 g/mol. The molecule has 0 saturated heterocycles. The lowest BCUT2D eigenvalue weighted by Crippen LogP contribution is -2.27. The van der Waals surface area contributed by atoms with Gasteiger partial charge in [0.1, 0.15) is 23.7 Å². The summed E-state index contributed by atoms with van der Waals surface area (Å²) in [4.78, 5) is 14.3. The first-order valence-corrected chi connectivity index (χ1v) is 8.03. The number of likely N-dealkylation sites (N-methyl/N-ethyl adjacent to an activating group) is 1. The Labute approximate surface area is 141 Å². The summed E-state index contributed by atoms with van der Waals surface area (Å²) >= 11 is 0. The summed E-state index contributed by atoms with van der Waals surface area (Å²) in [7, 11) is 0. The summed E-state index contributed by atoms with van der Waals surface area (Å²) < 4.78 is 18.3. The molecule has 2 rings (SSSR count). The number of esters is 1. The van der Waals surface area contributed by atoms with Gasteiger partial charge in [-0.1, -0.05) is 32.0 Å². The highest BCUT2D eigenvalue weighted by Gasteiger charge is 2.14. The highest BCUT2D eigenvalue weighted by Crippen LogP contribution is 2.26. The van der Waals surface area contributed by atoms with Crippen LogP contribution in [0.5, 0.6) is 5.75 Å². The average molecular weight is 331 g/mol. The third-order valence-electron chi connectivity index (χ3n) is 3.93. The van der Waals surface area contributed by atoms with Crippen molar-refractivity contribution in [3.8, 4) is 16.9 Å². The Morgan fingerprint density at radius 1 is 1.08 bits per heavy atom. The topological polar surface area (TPSA) is 49.8 Å². The first-order valence-electron chi connectivity index (χ1n) is 8.03. The van der Waals surface area contributed by atoms with Gasteiger partial charge in [0, 0.05) is 6.54 Å². The van der Waals surface area contributed by atoms with E-state index in [0.29, 0.717) is 12.1 Å². The molecule has 0 aliphatic rings. The summed E-state index contributed by atoms with van der Waals surface area (Å²) in [6.45, 7) is 6.78. The van der Waals surface area contributed by atoms with Crippen LogP contribution < -0.4 is 0 Å². The molecule has 0 aromatic heterocycles. The Bertz CT molecular complexity index is 682. The van der Waals surface area contributed by atoms with Gasteiger partial charge in [-0.05, 0) is 48.5 Å². The largest absolute Gasteiger partial charge is 0.507 e. The Morgan fingerprint density at radius 2 is 1.71 bits per heavy atom. The minimum atomic E-state index is -0.566. The van der Waals surface area contributed by atoms with Gasteiger partial charge < -0.3 is 14.7 Å². The number of phenols is 1. The predicted molar refractivity (Wildman–Crippen MR) is 91.6 cm³/mol. The van der Waals surface area contributed by atoms with Crippen molar-refractivity contribution in [3.05, 3.63) is 53.8 Å². The normalized spacial score (nSPS) is 10.8. The maximum absolute atomic E-state index is 13.0. The minimum absolute atomic E-state index is 0.108. The van der Waals surface area contributed by atoms with Crippen LogP contribution in [0.15, 0.2) is 42.5 Å². The Hall–Kier alpha value is -2.40. The van der Waals surface area contributed by atoms with Crippen LogP contribution in [-0.4, -0.2) is 42.2 Å². The molecule has 0 unspecified atom stereocenters. The molecule has 0 saturated carbocycles. The molecular formula is C19H22FNO3. The van der Waals surface area contributed by atoms with Gasteiger partial charge >= 0.3 is 5.97 Å². The molecule has 24 heavy (non-hydrogen) atoms. The molecule has 0 amide bonds. The number of hydrogen-bond donors (Lipinski definition) is 1. The monoisotopic (exact) mass is 331 g/mol. The van der Waals surface area contributed by atoms with Gasteiger partial charge in [0.15, 0.2) is 0 Å². The van der Waals surface area contributed by atoms with Crippen molar-refractivity contribution in [3.63, 3.8) is 0 Å². The van der Waals surface area contributed by atoms with E-state index in [4.69, 9.17) is 4.74 Å². The van der Waals surface area contributed by atoms with Crippen LogP contribution in [0.25, 0.3) is 11.1 Å². The Balaban J connectivity index is 2.10. The molecule has 0 aliphatic heterocycles. The zero-order valence-electron chi connectivity index (χ0n) is 14.0. The number of benzene rings is 2. The fourth-order valence-electron chi connectivity index (χ4n) is 2.41. The number of hydrogen-bond acceptors (Lipinski definition) is 4. The van der Waals surface area contributed by atoms with E-state index in [9.17, 15) is 14.3 Å². The van der Waals surface area contributed by atoms with Crippen molar-refractivity contribution < 1.29 is 19.0 Å². The first-order chi connectivity index (χ1) is 11.5. The molecule has 0 radical (unpaired) electrons. The number of aromatic hydroxyl groups is 1.